The molecule has 0 amide bonds. The first-order chi connectivity index (χ1) is 5.34. The predicted molar refractivity (Wildman–Crippen MR) is 43.5 cm³/mol. The number of unbranched alkanes of at least 4 members (excludes halogenated alkanes) is 1. The van der Waals surface area contributed by atoms with Gasteiger partial charge in [0.25, 0.3) is 0 Å². The molecule has 1 atom stereocenters. The molecule has 0 radical (unpaired) electrons. The topological polar surface area (TPSA) is 26.3 Å². The molecule has 1 aliphatic heterocycles. The maximum atomic E-state index is 11.3. The first-order valence-corrected chi connectivity index (χ1v) is 4.49. The third kappa shape index (κ3) is 2.62. The van der Waals surface area contributed by atoms with Gasteiger partial charge in [-0.3, -0.25) is 4.79 Å². The Hall–Kier alpha value is -0.370. The highest BCUT2D eigenvalue weighted by Crippen LogP contribution is 2.15. The number of ether oxygens (including phenoxy) is 1. The summed E-state index contributed by atoms with van der Waals surface area (Å²) in [5, 5.41) is 0. The van der Waals surface area contributed by atoms with Crippen LogP contribution in [0.5, 0.6) is 0 Å². The number of hydrogen-bond acceptors (Lipinski definition) is 2. The van der Waals surface area contributed by atoms with Crippen molar-refractivity contribution in [3.05, 3.63) is 0 Å². The third-order valence-corrected chi connectivity index (χ3v) is 2.07. The smallest absolute Gasteiger partial charge is 0.161 e. The van der Waals surface area contributed by atoms with Crippen molar-refractivity contribution >= 4 is 5.78 Å². The number of carbonyl (C=O) groups excluding carboxylic acids is 1. The Labute approximate surface area is 67.9 Å². The highest BCUT2D eigenvalue weighted by molar-refractivity contribution is 5.83. The maximum Gasteiger partial charge on any atom is 0.161 e. The highest BCUT2D eigenvalue weighted by atomic mass is 16.5. The molecule has 1 saturated heterocycles. The van der Waals surface area contributed by atoms with Crippen molar-refractivity contribution in [2.24, 2.45) is 0 Å². The summed E-state index contributed by atoms with van der Waals surface area (Å²) in [5.41, 5.74) is 0. The van der Waals surface area contributed by atoms with Crippen LogP contribution in [0.3, 0.4) is 0 Å². The van der Waals surface area contributed by atoms with Crippen molar-refractivity contribution in [1.82, 2.24) is 0 Å². The molecule has 1 rings (SSSR count). The average Bonchev–Trinajstić information content (AvgIpc) is 2.52. The molecule has 64 valence electrons. The third-order valence-electron chi connectivity index (χ3n) is 2.07. The standard InChI is InChI=1S/C9H16O2/c1-2-3-5-8(10)9-6-4-7-11-9/h9H,2-7H2,1H3. The first-order valence-electron chi connectivity index (χ1n) is 4.49. The second kappa shape index (κ2) is 4.50. The minimum absolute atomic E-state index is 0.0541. The van der Waals surface area contributed by atoms with Crippen molar-refractivity contribution in [2.75, 3.05) is 6.61 Å². The van der Waals surface area contributed by atoms with E-state index in [0.717, 1.165) is 32.3 Å². The van der Waals surface area contributed by atoms with Gasteiger partial charge in [0.15, 0.2) is 5.78 Å². The van der Waals surface area contributed by atoms with Gasteiger partial charge in [-0.1, -0.05) is 13.3 Å². The van der Waals surface area contributed by atoms with E-state index in [-0.39, 0.29) is 6.10 Å². The van der Waals surface area contributed by atoms with E-state index in [0.29, 0.717) is 12.2 Å². The van der Waals surface area contributed by atoms with Crippen molar-refractivity contribution in [3.63, 3.8) is 0 Å². The molecule has 0 saturated carbocycles. The Bertz CT molecular complexity index is 126. The maximum absolute atomic E-state index is 11.3. The van der Waals surface area contributed by atoms with Crippen molar-refractivity contribution in [1.29, 1.82) is 0 Å². The zero-order valence-corrected chi connectivity index (χ0v) is 7.14. The summed E-state index contributed by atoms with van der Waals surface area (Å²) in [4.78, 5) is 11.3. The molecule has 2 nitrogen and oxygen atoms in total. The lowest BCUT2D eigenvalue weighted by Gasteiger charge is -2.06. The van der Waals surface area contributed by atoms with Crippen LogP contribution in [0.15, 0.2) is 0 Å². The lowest BCUT2D eigenvalue weighted by atomic mass is 10.1. The molecule has 0 spiro atoms. The van der Waals surface area contributed by atoms with E-state index in [1.807, 2.05) is 0 Å². The van der Waals surface area contributed by atoms with Crippen LogP contribution in [0.1, 0.15) is 39.0 Å². The number of hydrogen-bond donors (Lipinski definition) is 0. The van der Waals surface area contributed by atoms with Gasteiger partial charge in [-0.15, -0.1) is 0 Å². The fourth-order valence-electron chi connectivity index (χ4n) is 1.34. The van der Waals surface area contributed by atoms with Crippen LogP contribution in [0.25, 0.3) is 0 Å². The van der Waals surface area contributed by atoms with Crippen LogP contribution in [0.2, 0.25) is 0 Å². The fourth-order valence-corrected chi connectivity index (χ4v) is 1.34. The number of carbonyl (C=O) groups is 1. The van der Waals surface area contributed by atoms with Gasteiger partial charge in [0.1, 0.15) is 6.10 Å². The lowest BCUT2D eigenvalue weighted by Crippen LogP contribution is -2.18. The van der Waals surface area contributed by atoms with E-state index in [9.17, 15) is 4.79 Å². The fraction of sp³-hybridized carbons (Fsp3) is 0.889. The molecular formula is C9H16O2. The van der Waals surface area contributed by atoms with Gasteiger partial charge in [-0.05, 0) is 19.3 Å². The van der Waals surface area contributed by atoms with Crippen LogP contribution in [-0.2, 0) is 9.53 Å². The van der Waals surface area contributed by atoms with E-state index < -0.39 is 0 Å². The van der Waals surface area contributed by atoms with Gasteiger partial charge in [0, 0.05) is 13.0 Å². The number of rotatable bonds is 4. The zero-order valence-electron chi connectivity index (χ0n) is 7.14. The summed E-state index contributed by atoms with van der Waals surface area (Å²) in [6.45, 7) is 2.88. The first kappa shape index (κ1) is 8.72. The van der Waals surface area contributed by atoms with Gasteiger partial charge in [-0.25, -0.2) is 0 Å². The van der Waals surface area contributed by atoms with E-state index in [1.54, 1.807) is 0 Å². The Balaban J connectivity index is 2.17. The molecule has 1 unspecified atom stereocenters. The van der Waals surface area contributed by atoms with E-state index in [4.69, 9.17) is 4.74 Å². The highest BCUT2D eigenvalue weighted by Gasteiger charge is 2.22. The summed E-state index contributed by atoms with van der Waals surface area (Å²) in [5.74, 6) is 0.310. The van der Waals surface area contributed by atoms with Gasteiger partial charge in [0.2, 0.25) is 0 Å². The van der Waals surface area contributed by atoms with Crippen molar-refractivity contribution in [2.45, 2.75) is 45.1 Å². The van der Waals surface area contributed by atoms with E-state index in [1.165, 1.54) is 0 Å². The number of Topliss-reactive ketones (excluding diaryl/α,β-unsaturated/α-hetero) is 1. The van der Waals surface area contributed by atoms with E-state index >= 15 is 0 Å². The van der Waals surface area contributed by atoms with Crippen LogP contribution in [-0.4, -0.2) is 18.5 Å². The summed E-state index contributed by atoms with van der Waals surface area (Å²) in [7, 11) is 0. The molecule has 11 heavy (non-hydrogen) atoms. The molecule has 0 aromatic rings. The molecule has 0 N–H and O–H groups in total. The molecule has 0 aliphatic carbocycles. The lowest BCUT2D eigenvalue weighted by molar-refractivity contribution is -0.127. The summed E-state index contributed by atoms with van der Waals surface area (Å²) < 4.78 is 5.26. The zero-order chi connectivity index (χ0) is 8.10. The molecule has 1 aliphatic rings. The number of ketones is 1. The average molecular weight is 156 g/mol. The Kier molecular flexibility index (Phi) is 3.57. The van der Waals surface area contributed by atoms with Crippen LogP contribution in [0.4, 0.5) is 0 Å². The van der Waals surface area contributed by atoms with Gasteiger partial charge in [-0.2, -0.15) is 0 Å². The van der Waals surface area contributed by atoms with Crippen molar-refractivity contribution < 1.29 is 9.53 Å². The molecule has 0 aromatic heterocycles. The van der Waals surface area contributed by atoms with Gasteiger partial charge in [0.05, 0.1) is 0 Å². The monoisotopic (exact) mass is 156 g/mol. The van der Waals surface area contributed by atoms with Crippen LogP contribution >= 0.6 is 0 Å². The van der Waals surface area contributed by atoms with E-state index in [2.05, 4.69) is 6.92 Å². The molecule has 0 aromatic carbocycles. The molecule has 2 heteroatoms. The summed E-state index contributed by atoms with van der Waals surface area (Å²) >= 11 is 0. The van der Waals surface area contributed by atoms with Crippen LogP contribution in [0, 0.1) is 0 Å². The minimum atomic E-state index is -0.0541. The normalized spacial score (nSPS) is 23.9. The molecule has 1 heterocycles. The molecule has 1 fully saturated rings. The van der Waals surface area contributed by atoms with Crippen LogP contribution < -0.4 is 0 Å². The second-order valence-electron chi connectivity index (χ2n) is 3.07. The molecular weight excluding hydrogens is 140 g/mol. The second-order valence-corrected chi connectivity index (χ2v) is 3.07. The minimum Gasteiger partial charge on any atom is -0.370 e. The summed E-state index contributed by atoms with van der Waals surface area (Å²) in [6, 6.07) is 0. The summed E-state index contributed by atoms with van der Waals surface area (Å²) in [6.07, 6.45) is 4.77. The van der Waals surface area contributed by atoms with Crippen molar-refractivity contribution in [3.8, 4) is 0 Å². The Morgan fingerprint density at radius 3 is 3.00 bits per heavy atom. The quantitative estimate of drug-likeness (QED) is 0.621. The predicted octanol–water partition coefficient (Wildman–Crippen LogP) is 1.92. The Morgan fingerprint density at radius 2 is 2.45 bits per heavy atom. The van der Waals surface area contributed by atoms with Gasteiger partial charge < -0.3 is 4.74 Å². The van der Waals surface area contributed by atoms with Gasteiger partial charge >= 0.3 is 0 Å². The Morgan fingerprint density at radius 1 is 1.64 bits per heavy atom. The largest absolute Gasteiger partial charge is 0.370 e. The SMILES string of the molecule is CCCCC(=O)C1CCCO1. The molecule has 0 bridgehead atoms.